The van der Waals surface area contributed by atoms with E-state index in [9.17, 15) is 0 Å². The third kappa shape index (κ3) is 3.41. The van der Waals surface area contributed by atoms with E-state index in [4.69, 9.17) is 4.42 Å². The highest BCUT2D eigenvalue weighted by molar-refractivity contribution is 8.00. The first-order valence-electron chi connectivity index (χ1n) is 7.80. The number of nitrogens with one attached hydrogen (secondary N) is 1. The Hall–Kier alpha value is -0.450. The summed E-state index contributed by atoms with van der Waals surface area (Å²) in [6.45, 7) is 9.84. The molecule has 1 aliphatic heterocycles. The van der Waals surface area contributed by atoms with Gasteiger partial charge in [0.25, 0.3) is 0 Å². The standard InChI is InChI=1S/C16H26N2OS/c1-11-13(3)20-7-6-18(11)10-16-8-14(12(2)19-16)9-17-15-4-5-15/h8,11,13,15,17H,4-7,9-10H2,1-3H3. The minimum atomic E-state index is 0.632. The minimum Gasteiger partial charge on any atom is -0.465 e. The van der Waals surface area contributed by atoms with Crippen LogP contribution in [0.5, 0.6) is 0 Å². The topological polar surface area (TPSA) is 28.4 Å². The van der Waals surface area contributed by atoms with E-state index in [1.807, 2.05) is 0 Å². The zero-order valence-corrected chi connectivity index (χ0v) is 13.6. The predicted molar refractivity (Wildman–Crippen MR) is 85.1 cm³/mol. The van der Waals surface area contributed by atoms with Gasteiger partial charge in [-0.3, -0.25) is 4.90 Å². The van der Waals surface area contributed by atoms with Crippen molar-refractivity contribution in [1.82, 2.24) is 10.2 Å². The van der Waals surface area contributed by atoms with Crippen LogP contribution in [0, 0.1) is 6.92 Å². The molecule has 2 unspecified atom stereocenters. The monoisotopic (exact) mass is 294 g/mol. The van der Waals surface area contributed by atoms with Crippen molar-refractivity contribution in [3.05, 3.63) is 23.2 Å². The van der Waals surface area contributed by atoms with Crippen molar-refractivity contribution in [2.45, 2.75) is 64.0 Å². The van der Waals surface area contributed by atoms with Gasteiger partial charge < -0.3 is 9.73 Å². The summed E-state index contributed by atoms with van der Waals surface area (Å²) in [7, 11) is 0. The van der Waals surface area contributed by atoms with Gasteiger partial charge >= 0.3 is 0 Å². The maximum Gasteiger partial charge on any atom is 0.118 e. The largest absolute Gasteiger partial charge is 0.465 e. The van der Waals surface area contributed by atoms with E-state index in [0.717, 1.165) is 35.9 Å². The zero-order valence-electron chi connectivity index (χ0n) is 12.8. The van der Waals surface area contributed by atoms with Crippen molar-refractivity contribution >= 4 is 11.8 Å². The first-order chi connectivity index (χ1) is 9.63. The third-order valence-corrected chi connectivity index (χ3v) is 5.94. The van der Waals surface area contributed by atoms with Gasteiger partial charge in [0.05, 0.1) is 6.54 Å². The molecule has 1 aromatic heterocycles. The number of furan rings is 1. The number of nitrogens with zero attached hydrogens (tertiary/aromatic N) is 1. The fourth-order valence-electron chi connectivity index (χ4n) is 2.80. The van der Waals surface area contributed by atoms with Crippen LogP contribution < -0.4 is 5.32 Å². The highest BCUT2D eigenvalue weighted by atomic mass is 32.2. The summed E-state index contributed by atoms with van der Waals surface area (Å²) in [6, 6.07) is 3.64. The van der Waals surface area contributed by atoms with Crippen molar-refractivity contribution in [1.29, 1.82) is 0 Å². The van der Waals surface area contributed by atoms with Gasteiger partial charge in [-0.15, -0.1) is 0 Å². The molecular weight excluding hydrogens is 268 g/mol. The van der Waals surface area contributed by atoms with Crippen molar-refractivity contribution in [3.8, 4) is 0 Å². The number of hydrogen-bond acceptors (Lipinski definition) is 4. The molecule has 0 bridgehead atoms. The molecule has 0 radical (unpaired) electrons. The van der Waals surface area contributed by atoms with Crippen molar-refractivity contribution in [2.75, 3.05) is 12.3 Å². The lowest BCUT2D eigenvalue weighted by molar-refractivity contribution is 0.188. The lowest BCUT2D eigenvalue weighted by atomic mass is 10.2. The summed E-state index contributed by atoms with van der Waals surface area (Å²) < 4.78 is 5.97. The summed E-state index contributed by atoms with van der Waals surface area (Å²) in [5.74, 6) is 3.45. The van der Waals surface area contributed by atoms with E-state index in [1.54, 1.807) is 0 Å². The fraction of sp³-hybridized carbons (Fsp3) is 0.750. The van der Waals surface area contributed by atoms with Crippen LogP contribution in [0.25, 0.3) is 0 Å². The van der Waals surface area contributed by atoms with Gasteiger partial charge in [-0.25, -0.2) is 0 Å². The molecule has 2 aliphatic rings. The fourth-order valence-corrected chi connectivity index (χ4v) is 3.96. The van der Waals surface area contributed by atoms with Crippen LogP contribution in [0.2, 0.25) is 0 Å². The van der Waals surface area contributed by atoms with Crippen molar-refractivity contribution in [3.63, 3.8) is 0 Å². The molecule has 2 atom stereocenters. The van der Waals surface area contributed by atoms with Gasteiger partial charge in [0.1, 0.15) is 11.5 Å². The van der Waals surface area contributed by atoms with Gasteiger partial charge in [-0.1, -0.05) is 6.92 Å². The van der Waals surface area contributed by atoms with Gasteiger partial charge in [-0.05, 0) is 32.8 Å². The molecule has 0 spiro atoms. The van der Waals surface area contributed by atoms with Gasteiger partial charge in [0.15, 0.2) is 0 Å². The van der Waals surface area contributed by atoms with Crippen molar-refractivity contribution < 1.29 is 4.42 Å². The molecule has 1 saturated carbocycles. The normalized spacial score (nSPS) is 27.9. The molecule has 20 heavy (non-hydrogen) atoms. The molecule has 3 rings (SSSR count). The number of hydrogen-bond donors (Lipinski definition) is 1. The van der Waals surface area contributed by atoms with Crippen LogP contribution in [0.15, 0.2) is 10.5 Å². The molecule has 1 aromatic rings. The highest BCUT2D eigenvalue weighted by Gasteiger charge is 2.26. The number of thioether (sulfide) groups is 1. The van der Waals surface area contributed by atoms with Gasteiger partial charge in [0.2, 0.25) is 0 Å². The SMILES string of the molecule is Cc1oc(CN2CCSC(C)C2C)cc1CNC1CC1. The molecular formula is C16H26N2OS. The molecule has 0 amide bonds. The van der Waals surface area contributed by atoms with E-state index in [1.165, 1.54) is 30.7 Å². The molecule has 3 nitrogen and oxygen atoms in total. The summed E-state index contributed by atoms with van der Waals surface area (Å²) in [6.07, 6.45) is 2.68. The Labute approximate surface area is 126 Å². The summed E-state index contributed by atoms with van der Waals surface area (Å²) in [4.78, 5) is 2.55. The van der Waals surface area contributed by atoms with Crippen LogP contribution in [0.4, 0.5) is 0 Å². The first kappa shape index (κ1) is 14.5. The molecule has 1 aliphatic carbocycles. The van der Waals surface area contributed by atoms with Crippen LogP contribution in [0.1, 0.15) is 43.8 Å². The van der Waals surface area contributed by atoms with E-state index in [0.29, 0.717) is 6.04 Å². The molecule has 4 heteroatoms. The van der Waals surface area contributed by atoms with E-state index >= 15 is 0 Å². The summed E-state index contributed by atoms with van der Waals surface area (Å²) in [5.41, 5.74) is 1.33. The molecule has 1 saturated heterocycles. The Kier molecular flexibility index (Phi) is 4.43. The Balaban J connectivity index is 1.60. The van der Waals surface area contributed by atoms with Crippen LogP contribution in [-0.4, -0.2) is 34.5 Å². The van der Waals surface area contributed by atoms with E-state index in [-0.39, 0.29) is 0 Å². The van der Waals surface area contributed by atoms with Crippen LogP contribution in [0.3, 0.4) is 0 Å². The molecule has 112 valence electrons. The first-order valence-corrected chi connectivity index (χ1v) is 8.85. The second-order valence-corrected chi connectivity index (χ2v) is 7.72. The smallest absolute Gasteiger partial charge is 0.118 e. The average Bonchev–Trinajstić information content (AvgIpc) is 3.18. The number of rotatable bonds is 5. The third-order valence-electron chi connectivity index (χ3n) is 4.60. The second kappa shape index (κ2) is 6.12. The van der Waals surface area contributed by atoms with Crippen LogP contribution >= 0.6 is 11.8 Å². The summed E-state index contributed by atoms with van der Waals surface area (Å²) >= 11 is 2.08. The quantitative estimate of drug-likeness (QED) is 0.903. The Morgan fingerprint density at radius 3 is 2.95 bits per heavy atom. The second-order valence-electron chi connectivity index (χ2n) is 6.24. The Bertz CT molecular complexity index is 455. The Morgan fingerprint density at radius 2 is 2.20 bits per heavy atom. The van der Waals surface area contributed by atoms with Gasteiger partial charge in [-0.2, -0.15) is 11.8 Å². The maximum absolute atomic E-state index is 5.97. The number of aryl methyl sites for hydroxylation is 1. The molecule has 0 aromatic carbocycles. The lowest BCUT2D eigenvalue weighted by Gasteiger charge is -2.36. The minimum absolute atomic E-state index is 0.632. The van der Waals surface area contributed by atoms with E-state index in [2.05, 4.69) is 48.8 Å². The van der Waals surface area contributed by atoms with Gasteiger partial charge in [0, 0.05) is 41.7 Å². The highest BCUT2D eigenvalue weighted by Crippen LogP contribution is 2.27. The maximum atomic E-state index is 5.97. The predicted octanol–water partition coefficient (Wildman–Crippen LogP) is 3.17. The molecule has 2 fully saturated rings. The average molecular weight is 294 g/mol. The molecule has 1 N–H and O–H groups in total. The van der Waals surface area contributed by atoms with Crippen molar-refractivity contribution in [2.24, 2.45) is 0 Å². The zero-order chi connectivity index (χ0) is 14.1. The summed E-state index contributed by atoms with van der Waals surface area (Å²) in [5, 5.41) is 4.29. The molecule has 2 heterocycles. The van der Waals surface area contributed by atoms with E-state index < -0.39 is 0 Å². The Morgan fingerprint density at radius 1 is 1.40 bits per heavy atom. The lowest BCUT2D eigenvalue weighted by Crippen LogP contribution is -2.43. The van der Waals surface area contributed by atoms with Crippen LogP contribution in [-0.2, 0) is 13.1 Å².